The molecule has 2 rings (SSSR count). The predicted molar refractivity (Wildman–Crippen MR) is 83.1 cm³/mol. The Balaban J connectivity index is 2.18. The number of piperidine rings is 1. The zero-order valence-electron chi connectivity index (χ0n) is 13.0. The Labute approximate surface area is 122 Å². The van der Waals surface area contributed by atoms with Crippen molar-refractivity contribution < 1.29 is 4.74 Å². The van der Waals surface area contributed by atoms with Gasteiger partial charge in [-0.3, -0.25) is 0 Å². The van der Waals surface area contributed by atoms with E-state index in [1.165, 1.54) is 11.1 Å². The lowest BCUT2D eigenvalue weighted by molar-refractivity contribution is 0.0439. The van der Waals surface area contributed by atoms with Crippen LogP contribution in [-0.4, -0.2) is 30.8 Å². The van der Waals surface area contributed by atoms with Crippen molar-refractivity contribution in [3.8, 4) is 0 Å². The summed E-state index contributed by atoms with van der Waals surface area (Å²) in [7, 11) is 0. The van der Waals surface area contributed by atoms with Crippen LogP contribution in [0.4, 0.5) is 5.82 Å². The highest BCUT2D eigenvalue weighted by Gasteiger charge is 2.23. The summed E-state index contributed by atoms with van der Waals surface area (Å²) in [5.74, 6) is 1.06. The number of hydrogen-bond acceptors (Lipinski definition) is 4. The van der Waals surface area contributed by atoms with Crippen molar-refractivity contribution in [2.75, 3.05) is 24.6 Å². The lowest BCUT2D eigenvalue weighted by Gasteiger charge is -2.35. The molecule has 0 bridgehead atoms. The van der Waals surface area contributed by atoms with Crippen LogP contribution in [0.1, 0.15) is 43.0 Å². The first-order chi connectivity index (χ1) is 9.65. The summed E-state index contributed by atoms with van der Waals surface area (Å²) >= 11 is 0. The minimum Gasteiger partial charge on any atom is -0.376 e. The first kappa shape index (κ1) is 15.3. The smallest absolute Gasteiger partial charge is 0.133 e. The van der Waals surface area contributed by atoms with Crippen molar-refractivity contribution in [1.82, 2.24) is 4.98 Å². The maximum Gasteiger partial charge on any atom is 0.133 e. The Morgan fingerprint density at radius 3 is 2.95 bits per heavy atom. The SMILES string of the molecule is CCCOC1CCCN(c2nc(C)cc(C)c2CN)C1. The largest absolute Gasteiger partial charge is 0.376 e. The average molecular weight is 277 g/mol. The highest BCUT2D eigenvalue weighted by Crippen LogP contribution is 2.26. The van der Waals surface area contributed by atoms with Gasteiger partial charge in [0.25, 0.3) is 0 Å². The Morgan fingerprint density at radius 2 is 2.25 bits per heavy atom. The molecule has 1 saturated heterocycles. The summed E-state index contributed by atoms with van der Waals surface area (Å²) in [6.07, 6.45) is 3.72. The third-order valence-electron chi connectivity index (χ3n) is 3.89. The molecule has 0 radical (unpaired) electrons. The number of pyridine rings is 1. The van der Waals surface area contributed by atoms with E-state index in [4.69, 9.17) is 15.5 Å². The van der Waals surface area contributed by atoms with Crippen LogP contribution in [-0.2, 0) is 11.3 Å². The highest BCUT2D eigenvalue weighted by atomic mass is 16.5. The van der Waals surface area contributed by atoms with Gasteiger partial charge in [-0.05, 0) is 44.7 Å². The first-order valence-corrected chi connectivity index (χ1v) is 7.69. The molecule has 0 amide bonds. The molecular weight excluding hydrogens is 250 g/mol. The maximum absolute atomic E-state index is 5.93. The van der Waals surface area contributed by atoms with Crippen molar-refractivity contribution in [3.05, 3.63) is 22.9 Å². The number of ether oxygens (including phenoxy) is 1. The van der Waals surface area contributed by atoms with E-state index in [2.05, 4.69) is 24.8 Å². The molecule has 1 fully saturated rings. The van der Waals surface area contributed by atoms with E-state index in [9.17, 15) is 0 Å². The Bertz CT molecular complexity index is 448. The van der Waals surface area contributed by atoms with Gasteiger partial charge in [-0.2, -0.15) is 0 Å². The van der Waals surface area contributed by atoms with Crippen molar-refractivity contribution in [2.24, 2.45) is 5.73 Å². The van der Waals surface area contributed by atoms with E-state index >= 15 is 0 Å². The number of rotatable bonds is 5. The molecule has 0 saturated carbocycles. The number of nitrogens with two attached hydrogens (primary N) is 1. The fraction of sp³-hybridized carbons (Fsp3) is 0.688. The van der Waals surface area contributed by atoms with Crippen LogP contribution in [0.15, 0.2) is 6.07 Å². The van der Waals surface area contributed by atoms with Gasteiger partial charge in [0, 0.05) is 37.5 Å². The zero-order valence-corrected chi connectivity index (χ0v) is 13.0. The highest BCUT2D eigenvalue weighted by molar-refractivity contribution is 5.52. The average Bonchev–Trinajstić information content (AvgIpc) is 2.44. The van der Waals surface area contributed by atoms with Crippen LogP contribution >= 0.6 is 0 Å². The number of hydrogen-bond donors (Lipinski definition) is 1. The van der Waals surface area contributed by atoms with Gasteiger partial charge < -0.3 is 15.4 Å². The number of nitrogens with zero attached hydrogens (tertiary/aromatic N) is 2. The van der Waals surface area contributed by atoms with Gasteiger partial charge in [0.2, 0.25) is 0 Å². The second kappa shape index (κ2) is 7.04. The predicted octanol–water partition coefficient (Wildman–Crippen LogP) is 2.55. The lowest BCUT2D eigenvalue weighted by Crippen LogP contribution is -2.41. The van der Waals surface area contributed by atoms with Gasteiger partial charge in [0.15, 0.2) is 0 Å². The summed E-state index contributed by atoms with van der Waals surface area (Å²) in [4.78, 5) is 7.09. The van der Waals surface area contributed by atoms with Crippen molar-refractivity contribution in [3.63, 3.8) is 0 Å². The molecular formula is C16H27N3O. The fourth-order valence-corrected chi connectivity index (χ4v) is 2.91. The molecule has 1 atom stereocenters. The summed E-state index contributed by atoms with van der Waals surface area (Å²) in [5, 5.41) is 0. The maximum atomic E-state index is 5.93. The molecule has 0 aromatic carbocycles. The molecule has 20 heavy (non-hydrogen) atoms. The van der Waals surface area contributed by atoms with E-state index in [0.29, 0.717) is 12.6 Å². The molecule has 1 aromatic rings. The lowest BCUT2D eigenvalue weighted by atomic mass is 10.0. The summed E-state index contributed by atoms with van der Waals surface area (Å²) in [5.41, 5.74) is 9.40. The summed E-state index contributed by atoms with van der Waals surface area (Å²) in [6.45, 7) is 9.70. The molecule has 2 heterocycles. The zero-order chi connectivity index (χ0) is 14.5. The Kier molecular flexibility index (Phi) is 5.38. The van der Waals surface area contributed by atoms with Gasteiger partial charge in [0.05, 0.1) is 6.10 Å². The van der Waals surface area contributed by atoms with Crippen LogP contribution in [0.2, 0.25) is 0 Å². The molecule has 1 aromatic heterocycles. The van der Waals surface area contributed by atoms with Crippen LogP contribution < -0.4 is 10.6 Å². The molecule has 112 valence electrons. The second-order valence-electron chi connectivity index (χ2n) is 5.67. The van der Waals surface area contributed by atoms with Gasteiger partial charge in [-0.1, -0.05) is 6.92 Å². The minimum atomic E-state index is 0.331. The Hall–Kier alpha value is -1.13. The topological polar surface area (TPSA) is 51.4 Å². The van der Waals surface area contributed by atoms with Crippen LogP contribution in [0.3, 0.4) is 0 Å². The number of aromatic nitrogens is 1. The molecule has 0 aliphatic carbocycles. The number of aryl methyl sites for hydroxylation is 2. The second-order valence-corrected chi connectivity index (χ2v) is 5.67. The molecule has 1 aliphatic heterocycles. The van der Waals surface area contributed by atoms with Crippen molar-refractivity contribution >= 4 is 5.82 Å². The van der Waals surface area contributed by atoms with E-state index in [1.807, 2.05) is 6.92 Å². The quantitative estimate of drug-likeness (QED) is 0.898. The summed E-state index contributed by atoms with van der Waals surface area (Å²) < 4.78 is 5.92. The Morgan fingerprint density at radius 1 is 1.45 bits per heavy atom. The molecule has 4 nitrogen and oxygen atoms in total. The van der Waals surface area contributed by atoms with Crippen LogP contribution in [0.25, 0.3) is 0 Å². The standard InChI is InChI=1S/C16H27N3O/c1-4-8-20-14-6-5-7-19(11-14)16-15(10-17)12(2)9-13(3)18-16/h9,14H,4-8,10-11,17H2,1-3H3. The van der Waals surface area contributed by atoms with Crippen LogP contribution in [0.5, 0.6) is 0 Å². The van der Waals surface area contributed by atoms with E-state index in [-0.39, 0.29) is 0 Å². The fourth-order valence-electron chi connectivity index (χ4n) is 2.91. The third kappa shape index (κ3) is 3.49. The molecule has 4 heteroatoms. The summed E-state index contributed by atoms with van der Waals surface area (Å²) in [6, 6.07) is 2.11. The monoisotopic (exact) mass is 277 g/mol. The third-order valence-corrected chi connectivity index (χ3v) is 3.89. The first-order valence-electron chi connectivity index (χ1n) is 7.69. The molecule has 1 aliphatic rings. The molecule has 2 N–H and O–H groups in total. The normalized spacial score (nSPS) is 19.4. The molecule has 0 spiro atoms. The van der Waals surface area contributed by atoms with E-state index in [0.717, 1.165) is 50.5 Å². The van der Waals surface area contributed by atoms with Crippen LogP contribution in [0, 0.1) is 13.8 Å². The van der Waals surface area contributed by atoms with Gasteiger partial charge in [-0.15, -0.1) is 0 Å². The molecule has 1 unspecified atom stereocenters. The van der Waals surface area contributed by atoms with Gasteiger partial charge in [-0.25, -0.2) is 4.98 Å². The minimum absolute atomic E-state index is 0.331. The van der Waals surface area contributed by atoms with Crippen molar-refractivity contribution in [2.45, 2.75) is 52.7 Å². The van der Waals surface area contributed by atoms with Crippen molar-refractivity contribution in [1.29, 1.82) is 0 Å². The van der Waals surface area contributed by atoms with Gasteiger partial charge in [0.1, 0.15) is 5.82 Å². The van der Waals surface area contributed by atoms with E-state index in [1.54, 1.807) is 0 Å². The van der Waals surface area contributed by atoms with E-state index < -0.39 is 0 Å². The number of anilines is 1. The van der Waals surface area contributed by atoms with Gasteiger partial charge >= 0.3 is 0 Å².